The number of rotatable bonds is 18. The Labute approximate surface area is 218 Å². The first-order valence-corrected chi connectivity index (χ1v) is 14.0. The molecule has 0 heterocycles. The van der Waals surface area contributed by atoms with E-state index in [0.29, 0.717) is 25.2 Å². The molecule has 0 atom stereocenters. The molecule has 36 heavy (non-hydrogen) atoms. The van der Waals surface area contributed by atoms with E-state index in [2.05, 4.69) is 45.0 Å². The van der Waals surface area contributed by atoms with Crippen LogP contribution in [0.25, 0.3) is 0 Å². The van der Waals surface area contributed by atoms with E-state index in [1.165, 1.54) is 30.4 Å². The Balaban J connectivity index is 1.52. The highest BCUT2D eigenvalue weighted by Crippen LogP contribution is 2.32. The number of hydrogen-bond donors (Lipinski definition) is 0. The number of carbonyl (C=O) groups is 2. The number of ether oxygens (including phenoxy) is 2. The van der Waals surface area contributed by atoms with Crippen LogP contribution in [0.1, 0.15) is 115 Å². The molecule has 198 valence electrons. The molecular weight excluding hydrogens is 448 g/mol. The summed E-state index contributed by atoms with van der Waals surface area (Å²) in [6, 6.07) is 18.3. The molecule has 0 radical (unpaired) electrons. The van der Waals surface area contributed by atoms with E-state index in [9.17, 15) is 9.59 Å². The van der Waals surface area contributed by atoms with Gasteiger partial charge in [0.05, 0.1) is 6.61 Å². The van der Waals surface area contributed by atoms with E-state index in [4.69, 9.17) is 9.47 Å². The summed E-state index contributed by atoms with van der Waals surface area (Å²) < 4.78 is 10.8. The fraction of sp³-hybridized carbons (Fsp3) is 0.562. The summed E-state index contributed by atoms with van der Waals surface area (Å²) in [7, 11) is 0. The van der Waals surface area contributed by atoms with Gasteiger partial charge in [-0.1, -0.05) is 115 Å². The molecule has 4 heteroatoms. The first kappa shape index (κ1) is 29.6. The highest BCUT2D eigenvalue weighted by Gasteiger charge is 2.22. The molecule has 0 unspecified atom stereocenters. The van der Waals surface area contributed by atoms with Crippen LogP contribution < -0.4 is 4.74 Å². The van der Waals surface area contributed by atoms with Gasteiger partial charge in [0, 0.05) is 18.3 Å². The number of hydrogen-bond acceptors (Lipinski definition) is 4. The van der Waals surface area contributed by atoms with Gasteiger partial charge in [0.25, 0.3) is 0 Å². The van der Waals surface area contributed by atoms with Crippen LogP contribution >= 0.6 is 0 Å². The van der Waals surface area contributed by atoms with Gasteiger partial charge in [-0.05, 0) is 42.5 Å². The highest BCUT2D eigenvalue weighted by atomic mass is 16.5. The van der Waals surface area contributed by atoms with Crippen LogP contribution in [0.5, 0.6) is 5.75 Å². The zero-order valence-corrected chi connectivity index (χ0v) is 22.7. The monoisotopic (exact) mass is 494 g/mol. The molecule has 0 spiro atoms. The van der Waals surface area contributed by atoms with Gasteiger partial charge >= 0.3 is 11.9 Å². The summed E-state index contributed by atoms with van der Waals surface area (Å²) in [5, 5.41) is 0. The minimum Gasteiger partial charge on any atom is -0.466 e. The first-order valence-electron chi connectivity index (χ1n) is 14.0. The predicted octanol–water partition coefficient (Wildman–Crippen LogP) is 8.55. The summed E-state index contributed by atoms with van der Waals surface area (Å²) >= 11 is 0. The quantitative estimate of drug-likeness (QED) is 0.118. The molecule has 0 amide bonds. The fourth-order valence-corrected chi connectivity index (χ4v) is 4.35. The molecule has 0 saturated heterocycles. The Bertz CT molecular complexity index is 871. The van der Waals surface area contributed by atoms with Crippen LogP contribution in [0.2, 0.25) is 0 Å². The molecule has 2 aromatic rings. The first-order chi connectivity index (χ1) is 17.4. The van der Waals surface area contributed by atoms with Crippen molar-refractivity contribution in [3.63, 3.8) is 0 Å². The van der Waals surface area contributed by atoms with Crippen molar-refractivity contribution in [1.82, 2.24) is 0 Å². The molecule has 0 fully saturated rings. The minimum absolute atomic E-state index is 0.0649. The van der Waals surface area contributed by atoms with Crippen LogP contribution in [0.15, 0.2) is 54.6 Å². The molecule has 2 aromatic carbocycles. The van der Waals surface area contributed by atoms with Crippen LogP contribution in [-0.2, 0) is 19.7 Å². The Kier molecular flexibility index (Phi) is 13.9. The third-order valence-electron chi connectivity index (χ3n) is 6.83. The van der Waals surface area contributed by atoms with E-state index in [1.807, 2.05) is 30.3 Å². The van der Waals surface area contributed by atoms with Gasteiger partial charge < -0.3 is 9.47 Å². The summed E-state index contributed by atoms with van der Waals surface area (Å²) in [6.45, 7) is 7.16. The second kappa shape index (κ2) is 16.9. The van der Waals surface area contributed by atoms with Crippen LogP contribution in [0.3, 0.4) is 0 Å². The number of carbonyl (C=O) groups excluding carboxylic acids is 2. The third kappa shape index (κ3) is 11.4. The van der Waals surface area contributed by atoms with E-state index in [1.54, 1.807) is 0 Å². The van der Waals surface area contributed by atoms with Crippen LogP contribution in [0.4, 0.5) is 0 Å². The van der Waals surface area contributed by atoms with Gasteiger partial charge in [-0.25, -0.2) is 0 Å². The predicted molar refractivity (Wildman–Crippen MR) is 147 cm³/mol. The fourth-order valence-electron chi connectivity index (χ4n) is 4.35. The Hall–Kier alpha value is -2.62. The lowest BCUT2D eigenvalue weighted by Crippen LogP contribution is -2.18. The molecule has 0 aliphatic rings. The highest BCUT2D eigenvalue weighted by molar-refractivity contribution is 5.72. The Morgan fingerprint density at radius 2 is 1.17 bits per heavy atom. The zero-order valence-electron chi connectivity index (χ0n) is 22.7. The Morgan fingerprint density at radius 1 is 0.639 bits per heavy atom. The molecule has 0 N–H and O–H groups in total. The number of benzene rings is 2. The molecular formula is C32H46O4. The maximum atomic E-state index is 12.2. The number of unbranched alkanes of at least 4 members (excludes halogenated alkanes) is 9. The molecule has 0 aliphatic carbocycles. The van der Waals surface area contributed by atoms with Crippen molar-refractivity contribution in [2.45, 2.75) is 110 Å². The van der Waals surface area contributed by atoms with Crippen molar-refractivity contribution in [2.24, 2.45) is 0 Å². The van der Waals surface area contributed by atoms with Crippen molar-refractivity contribution < 1.29 is 19.1 Å². The molecule has 0 aliphatic heterocycles. The van der Waals surface area contributed by atoms with Gasteiger partial charge in [-0.2, -0.15) is 0 Å². The van der Waals surface area contributed by atoms with Crippen molar-refractivity contribution in [3.05, 3.63) is 65.7 Å². The van der Waals surface area contributed by atoms with Gasteiger partial charge in [-0.15, -0.1) is 0 Å². The zero-order chi connectivity index (χ0) is 26.1. The lowest BCUT2D eigenvalue weighted by Gasteiger charge is -2.26. The maximum Gasteiger partial charge on any atom is 0.311 e. The van der Waals surface area contributed by atoms with Crippen molar-refractivity contribution >= 4 is 11.9 Å². The maximum absolute atomic E-state index is 12.2. The standard InChI is InChI=1S/C32H46O4/c1-4-5-6-11-17-26-35-30(33)20-15-9-7-8-10-16-21-31(34)36-29-24-22-28(23-25-29)32(2,3)27-18-13-12-14-19-27/h12-14,18-19,22-25H,4-11,15-17,20-21,26H2,1-3H3. The molecule has 4 nitrogen and oxygen atoms in total. The molecule has 0 aromatic heterocycles. The Morgan fingerprint density at radius 3 is 1.81 bits per heavy atom. The SMILES string of the molecule is CCCCCCCOC(=O)CCCCCCCCC(=O)Oc1ccc(C(C)(C)c2ccccc2)cc1. The topological polar surface area (TPSA) is 52.6 Å². The number of esters is 2. The largest absolute Gasteiger partial charge is 0.466 e. The normalized spacial score (nSPS) is 11.3. The third-order valence-corrected chi connectivity index (χ3v) is 6.83. The second-order valence-electron chi connectivity index (χ2n) is 10.2. The average molecular weight is 495 g/mol. The van der Waals surface area contributed by atoms with Crippen LogP contribution in [0, 0.1) is 0 Å². The molecule has 0 bridgehead atoms. The smallest absolute Gasteiger partial charge is 0.311 e. The van der Waals surface area contributed by atoms with Crippen molar-refractivity contribution in [2.75, 3.05) is 6.61 Å². The van der Waals surface area contributed by atoms with Gasteiger partial charge in [-0.3, -0.25) is 9.59 Å². The van der Waals surface area contributed by atoms with Crippen molar-refractivity contribution in [1.29, 1.82) is 0 Å². The summed E-state index contributed by atoms with van der Waals surface area (Å²) in [6.07, 6.45) is 12.7. The van der Waals surface area contributed by atoms with Gasteiger partial charge in [0.2, 0.25) is 0 Å². The van der Waals surface area contributed by atoms with Gasteiger partial charge in [0.15, 0.2) is 0 Å². The van der Waals surface area contributed by atoms with Crippen LogP contribution in [-0.4, -0.2) is 18.5 Å². The lowest BCUT2D eigenvalue weighted by molar-refractivity contribution is -0.144. The van der Waals surface area contributed by atoms with E-state index < -0.39 is 0 Å². The average Bonchev–Trinajstić information content (AvgIpc) is 2.88. The summed E-state index contributed by atoms with van der Waals surface area (Å²) in [5.41, 5.74) is 2.32. The minimum atomic E-state index is -0.178. The molecule has 0 saturated carbocycles. The molecule has 2 rings (SSSR count). The van der Waals surface area contributed by atoms with Crippen molar-refractivity contribution in [3.8, 4) is 5.75 Å². The second-order valence-corrected chi connectivity index (χ2v) is 10.2. The lowest BCUT2D eigenvalue weighted by atomic mass is 9.78. The van der Waals surface area contributed by atoms with E-state index in [-0.39, 0.29) is 17.4 Å². The van der Waals surface area contributed by atoms with E-state index >= 15 is 0 Å². The summed E-state index contributed by atoms with van der Waals surface area (Å²) in [4.78, 5) is 24.0. The van der Waals surface area contributed by atoms with Gasteiger partial charge in [0.1, 0.15) is 5.75 Å². The summed E-state index contributed by atoms with van der Waals surface area (Å²) in [5.74, 6) is 0.355. The van der Waals surface area contributed by atoms with E-state index in [0.717, 1.165) is 51.4 Å².